The summed E-state index contributed by atoms with van der Waals surface area (Å²) in [5.41, 5.74) is 0.870. The van der Waals surface area contributed by atoms with Crippen molar-refractivity contribution in [1.82, 2.24) is 5.32 Å². The fourth-order valence-corrected chi connectivity index (χ4v) is 3.41. The molecule has 0 aromatic carbocycles. The van der Waals surface area contributed by atoms with Gasteiger partial charge >= 0.3 is 5.97 Å². The molecule has 0 atom stereocenters. The van der Waals surface area contributed by atoms with Gasteiger partial charge in [0, 0.05) is 17.0 Å². The van der Waals surface area contributed by atoms with Crippen molar-refractivity contribution in [3.63, 3.8) is 0 Å². The van der Waals surface area contributed by atoms with Crippen LogP contribution in [0.3, 0.4) is 0 Å². The van der Waals surface area contributed by atoms with Crippen LogP contribution in [0, 0.1) is 6.92 Å². The van der Waals surface area contributed by atoms with E-state index in [1.54, 1.807) is 6.07 Å². The maximum absolute atomic E-state index is 10.9. The Morgan fingerprint density at radius 2 is 2.17 bits per heavy atom. The van der Waals surface area contributed by atoms with E-state index < -0.39 is 5.97 Å². The van der Waals surface area contributed by atoms with Crippen molar-refractivity contribution in [3.05, 3.63) is 21.4 Å². The zero-order chi connectivity index (χ0) is 13.2. The fraction of sp³-hybridized carbons (Fsp3) is 0.615. The summed E-state index contributed by atoms with van der Waals surface area (Å²) >= 11 is 1.31. The van der Waals surface area contributed by atoms with E-state index in [1.807, 2.05) is 6.92 Å². The van der Waals surface area contributed by atoms with Gasteiger partial charge in [-0.25, -0.2) is 4.79 Å². The molecule has 0 saturated heterocycles. The third-order valence-electron chi connectivity index (χ3n) is 3.75. The topological polar surface area (TPSA) is 69.6 Å². The highest BCUT2D eigenvalue weighted by Crippen LogP contribution is 2.30. The lowest BCUT2D eigenvalue weighted by Gasteiger charge is -2.28. The number of carbonyl (C=O) groups is 1. The molecule has 2 rings (SSSR count). The summed E-state index contributed by atoms with van der Waals surface area (Å²) in [7, 11) is 0. The molecule has 0 aliphatic heterocycles. The van der Waals surface area contributed by atoms with E-state index >= 15 is 0 Å². The minimum absolute atomic E-state index is 0.155. The number of hydrogen-bond donors (Lipinski definition) is 3. The van der Waals surface area contributed by atoms with Gasteiger partial charge in [-0.1, -0.05) is 12.8 Å². The number of nitrogens with one attached hydrogen (secondary N) is 1. The molecule has 1 heterocycles. The lowest BCUT2D eigenvalue weighted by molar-refractivity contribution is 0.0702. The van der Waals surface area contributed by atoms with E-state index in [9.17, 15) is 9.90 Å². The molecule has 1 saturated carbocycles. The minimum Gasteiger partial charge on any atom is -0.477 e. The summed E-state index contributed by atoms with van der Waals surface area (Å²) in [6.07, 6.45) is 4.30. The van der Waals surface area contributed by atoms with Crippen LogP contribution in [-0.2, 0) is 6.54 Å². The summed E-state index contributed by atoms with van der Waals surface area (Å²) in [5, 5.41) is 21.9. The van der Waals surface area contributed by atoms with Crippen molar-refractivity contribution < 1.29 is 15.0 Å². The molecule has 1 aliphatic carbocycles. The van der Waals surface area contributed by atoms with Crippen LogP contribution < -0.4 is 5.32 Å². The number of carboxylic acids is 1. The second kappa shape index (κ2) is 5.38. The predicted molar refractivity (Wildman–Crippen MR) is 71.1 cm³/mol. The van der Waals surface area contributed by atoms with Crippen molar-refractivity contribution in [3.8, 4) is 0 Å². The third kappa shape index (κ3) is 2.74. The maximum Gasteiger partial charge on any atom is 0.345 e. The Hall–Kier alpha value is -0.910. The normalized spacial score (nSPS) is 18.1. The van der Waals surface area contributed by atoms with Crippen LogP contribution >= 0.6 is 11.3 Å². The number of aliphatic hydroxyl groups excluding tert-OH is 1. The zero-order valence-corrected chi connectivity index (χ0v) is 11.3. The highest BCUT2D eigenvalue weighted by molar-refractivity contribution is 7.14. The Kier molecular flexibility index (Phi) is 4.04. The van der Waals surface area contributed by atoms with Crippen LogP contribution in [0.4, 0.5) is 0 Å². The molecule has 0 bridgehead atoms. The van der Waals surface area contributed by atoms with Gasteiger partial charge in [-0.2, -0.15) is 0 Å². The molecule has 18 heavy (non-hydrogen) atoms. The fourth-order valence-electron chi connectivity index (χ4n) is 2.53. The van der Waals surface area contributed by atoms with Gasteiger partial charge in [-0.3, -0.25) is 0 Å². The highest BCUT2D eigenvalue weighted by atomic mass is 32.1. The Balaban J connectivity index is 2.03. The summed E-state index contributed by atoms with van der Waals surface area (Å²) in [6.45, 7) is 2.73. The van der Waals surface area contributed by atoms with E-state index in [1.165, 1.54) is 11.3 Å². The molecular formula is C13H19NO3S. The van der Waals surface area contributed by atoms with Gasteiger partial charge < -0.3 is 15.5 Å². The molecule has 1 aliphatic rings. The predicted octanol–water partition coefficient (Wildman–Crippen LogP) is 2.15. The number of aromatic carboxylic acids is 1. The van der Waals surface area contributed by atoms with Crippen LogP contribution in [0.1, 0.15) is 45.8 Å². The van der Waals surface area contributed by atoms with E-state index in [0.29, 0.717) is 11.4 Å². The Labute approximate surface area is 111 Å². The van der Waals surface area contributed by atoms with E-state index in [-0.39, 0.29) is 12.1 Å². The molecular weight excluding hydrogens is 250 g/mol. The Morgan fingerprint density at radius 1 is 1.50 bits per heavy atom. The number of carboxylic acid groups (broad SMARTS) is 1. The van der Waals surface area contributed by atoms with Crippen molar-refractivity contribution in [2.75, 3.05) is 6.61 Å². The molecule has 0 radical (unpaired) electrons. The summed E-state index contributed by atoms with van der Waals surface area (Å²) in [4.78, 5) is 12.3. The van der Waals surface area contributed by atoms with Gasteiger partial charge in [0.05, 0.1) is 6.61 Å². The van der Waals surface area contributed by atoms with Crippen LogP contribution in [-0.4, -0.2) is 28.3 Å². The van der Waals surface area contributed by atoms with Crippen molar-refractivity contribution in [2.45, 2.75) is 44.7 Å². The zero-order valence-electron chi connectivity index (χ0n) is 10.5. The van der Waals surface area contributed by atoms with E-state index in [2.05, 4.69) is 5.32 Å². The number of aliphatic hydroxyl groups is 1. The molecule has 3 N–H and O–H groups in total. The Bertz CT molecular complexity index is 435. The van der Waals surface area contributed by atoms with Gasteiger partial charge in [0.1, 0.15) is 4.88 Å². The van der Waals surface area contributed by atoms with Crippen LogP contribution in [0.25, 0.3) is 0 Å². The standard InChI is InChI=1S/C13H19NO3S/c1-9-10(6-11(18-9)12(16)17)7-14-13(8-15)4-2-3-5-13/h6,14-15H,2-5,7-8H2,1H3,(H,16,17). The van der Waals surface area contributed by atoms with Gasteiger partial charge in [0.25, 0.3) is 0 Å². The van der Waals surface area contributed by atoms with Crippen LogP contribution in [0.5, 0.6) is 0 Å². The lowest BCUT2D eigenvalue weighted by atomic mass is 9.98. The minimum atomic E-state index is -0.868. The first-order valence-corrected chi connectivity index (χ1v) is 7.06. The molecule has 4 nitrogen and oxygen atoms in total. The molecule has 1 fully saturated rings. The van der Waals surface area contributed by atoms with E-state index in [4.69, 9.17) is 5.11 Å². The molecule has 5 heteroatoms. The molecule has 1 aromatic rings. The van der Waals surface area contributed by atoms with Crippen molar-refractivity contribution in [1.29, 1.82) is 0 Å². The van der Waals surface area contributed by atoms with Gasteiger partial charge in [0.2, 0.25) is 0 Å². The Morgan fingerprint density at radius 3 is 2.67 bits per heavy atom. The first-order valence-electron chi connectivity index (χ1n) is 6.25. The number of aryl methyl sites for hydroxylation is 1. The second-order valence-electron chi connectivity index (χ2n) is 5.00. The average Bonchev–Trinajstić information content (AvgIpc) is 2.94. The van der Waals surface area contributed by atoms with Gasteiger partial charge in [-0.15, -0.1) is 11.3 Å². The summed E-state index contributed by atoms with van der Waals surface area (Å²) < 4.78 is 0. The molecule has 0 amide bonds. The van der Waals surface area contributed by atoms with Gasteiger partial charge in [-0.05, 0) is 31.4 Å². The number of hydrogen-bond acceptors (Lipinski definition) is 4. The van der Waals surface area contributed by atoms with E-state index in [0.717, 1.165) is 36.1 Å². The SMILES string of the molecule is Cc1sc(C(=O)O)cc1CNC1(CO)CCCC1. The van der Waals surface area contributed by atoms with Crippen molar-refractivity contribution in [2.24, 2.45) is 0 Å². The lowest BCUT2D eigenvalue weighted by Crippen LogP contribution is -2.45. The first-order chi connectivity index (χ1) is 8.56. The summed E-state index contributed by atoms with van der Waals surface area (Å²) in [6, 6.07) is 1.73. The molecule has 0 unspecified atom stereocenters. The molecule has 1 aromatic heterocycles. The van der Waals surface area contributed by atoms with Crippen LogP contribution in [0.15, 0.2) is 6.07 Å². The quantitative estimate of drug-likeness (QED) is 0.766. The van der Waals surface area contributed by atoms with Crippen LogP contribution in [0.2, 0.25) is 0 Å². The highest BCUT2D eigenvalue weighted by Gasteiger charge is 2.32. The second-order valence-corrected chi connectivity index (χ2v) is 6.25. The molecule has 0 spiro atoms. The molecule has 100 valence electrons. The summed E-state index contributed by atoms with van der Waals surface area (Å²) in [5.74, 6) is -0.868. The van der Waals surface area contributed by atoms with Gasteiger partial charge in [0.15, 0.2) is 0 Å². The number of thiophene rings is 1. The maximum atomic E-state index is 10.9. The number of rotatable bonds is 5. The first kappa shape index (κ1) is 13.5. The smallest absolute Gasteiger partial charge is 0.345 e. The average molecular weight is 269 g/mol. The largest absolute Gasteiger partial charge is 0.477 e. The third-order valence-corrected chi connectivity index (χ3v) is 4.83. The monoisotopic (exact) mass is 269 g/mol. The van der Waals surface area contributed by atoms with Crippen molar-refractivity contribution >= 4 is 17.3 Å².